The maximum atomic E-state index is 5.62. The number of thioether (sulfide) groups is 1. The standard InChI is InChI=1S/C11H19NOS/c1-4-10-5-6-11(13-10)8-14-9(2)7-12-3/h5-6,9,12H,4,7-8H2,1-3H3. The molecule has 1 rings (SSSR count). The molecule has 0 spiro atoms. The molecular formula is C11H19NOS. The molecule has 0 fully saturated rings. The van der Waals surface area contributed by atoms with Crippen LogP contribution in [0.5, 0.6) is 0 Å². The van der Waals surface area contributed by atoms with E-state index < -0.39 is 0 Å². The normalized spacial score (nSPS) is 13.1. The largest absolute Gasteiger partial charge is 0.465 e. The molecule has 1 atom stereocenters. The highest BCUT2D eigenvalue weighted by atomic mass is 32.2. The number of rotatable bonds is 6. The lowest BCUT2D eigenvalue weighted by molar-refractivity contribution is 0.485. The van der Waals surface area contributed by atoms with Crippen molar-refractivity contribution in [1.29, 1.82) is 0 Å². The molecule has 1 aromatic rings. The third-order valence-corrected chi connectivity index (χ3v) is 3.25. The molecule has 3 heteroatoms. The predicted octanol–water partition coefficient (Wildman–Crippen LogP) is 2.68. The third-order valence-electron chi connectivity index (χ3n) is 2.07. The average molecular weight is 213 g/mol. The van der Waals surface area contributed by atoms with Crippen LogP contribution >= 0.6 is 11.8 Å². The highest BCUT2D eigenvalue weighted by molar-refractivity contribution is 7.99. The zero-order valence-corrected chi connectivity index (χ0v) is 9.99. The van der Waals surface area contributed by atoms with Gasteiger partial charge in [0.05, 0.1) is 5.75 Å². The number of hydrogen-bond donors (Lipinski definition) is 1. The quantitative estimate of drug-likeness (QED) is 0.786. The van der Waals surface area contributed by atoms with Crippen molar-refractivity contribution in [2.24, 2.45) is 0 Å². The molecule has 2 nitrogen and oxygen atoms in total. The van der Waals surface area contributed by atoms with Gasteiger partial charge < -0.3 is 9.73 Å². The molecule has 0 amide bonds. The first kappa shape index (κ1) is 11.7. The lowest BCUT2D eigenvalue weighted by Crippen LogP contribution is -2.17. The van der Waals surface area contributed by atoms with Crippen molar-refractivity contribution in [1.82, 2.24) is 5.32 Å². The molecule has 0 aliphatic carbocycles. The molecule has 0 aliphatic heterocycles. The molecule has 0 saturated carbocycles. The van der Waals surface area contributed by atoms with E-state index in [4.69, 9.17) is 4.42 Å². The number of aryl methyl sites for hydroxylation is 1. The van der Waals surface area contributed by atoms with E-state index in [0.717, 1.165) is 30.2 Å². The maximum absolute atomic E-state index is 5.62. The molecule has 0 aromatic carbocycles. The highest BCUT2D eigenvalue weighted by Crippen LogP contribution is 2.19. The van der Waals surface area contributed by atoms with Gasteiger partial charge in [0.15, 0.2) is 0 Å². The first-order valence-electron chi connectivity index (χ1n) is 5.10. The number of furan rings is 1. The molecule has 1 unspecified atom stereocenters. The summed E-state index contributed by atoms with van der Waals surface area (Å²) in [5, 5.41) is 3.80. The van der Waals surface area contributed by atoms with Gasteiger partial charge in [0.25, 0.3) is 0 Å². The smallest absolute Gasteiger partial charge is 0.114 e. The van der Waals surface area contributed by atoms with Gasteiger partial charge >= 0.3 is 0 Å². The second kappa shape index (κ2) is 6.14. The Labute approximate surface area is 90.5 Å². The summed E-state index contributed by atoms with van der Waals surface area (Å²) in [6.45, 7) is 5.39. The summed E-state index contributed by atoms with van der Waals surface area (Å²) in [6, 6.07) is 4.15. The molecule has 0 saturated heterocycles. The molecule has 0 bridgehead atoms. The fourth-order valence-electron chi connectivity index (χ4n) is 1.26. The first-order chi connectivity index (χ1) is 6.76. The van der Waals surface area contributed by atoms with E-state index in [1.807, 2.05) is 18.8 Å². The van der Waals surface area contributed by atoms with Crippen LogP contribution in [0.25, 0.3) is 0 Å². The van der Waals surface area contributed by atoms with Crippen molar-refractivity contribution in [3.63, 3.8) is 0 Å². The van der Waals surface area contributed by atoms with E-state index in [1.165, 1.54) is 0 Å². The van der Waals surface area contributed by atoms with Crippen LogP contribution in [0.3, 0.4) is 0 Å². The van der Waals surface area contributed by atoms with Gasteiger partial charge in [0, 0.05) is 18.2 Å². The van der Waals surface area contributed by atoms with Crippen LogP contribution in [0.15, 0.2) is 16.5 Å². The van der Waals surface area contributed by atoms with Crippen molar-refractivity contribution in [3.05, 3.63) is 23.7 Å². The molecular weight excluding hydrogens is 194 g/mol. The van der Waals surface area contributed by atoms with E-state index in [0.29, 0.717) is 5.25 Å². The third kappa shape index (κ3) is 3.76. The van der Waals surface area contributed by atoms with Crippen LogP contribution in [-0.4, -0.2) is 18.8 Å². The molecule has 0 aliphatic rings. The van der Waals surface area contributed by atoms with E-state index in [1.54, 1.807) is 0 Å². The Bertz CT molecular complexity index is 260. The fourth-order valence-corrected chi connectivity index (χ4v) is 2.15. The summed E-state index contributed by atoms with van der Waals surface area (Å²) in [6.07, 6.45) is 0.983. The van der Waals surface area contributed by atoms with Gasteiger partial charge in [-0.25, -0.2) is 0 Å². The minimum Gasteiger partial charge on any atom is -0.465 e. The predicted molar refractivity (Wildman–Crippen MR) is 62.8 cm³/mol. The minimum atomic E-state index is 0.634. The van der Waals surface area contributed by atoms with Crippen LogP contribution in [0, 0.1) is 0 Å². The van der Waals surface area contributed by atoms with Crippen LogP contribution in [0.1, 0.15) is 25.4 Å². The van der Waals surface area contributed by atoms with Crippen molar-refractivity contribution in [3.8, 4) is 0 Å². The van der Waals surface area contributed by atoms with Crippen LogP contribution < -0.4 is 5.32 Å². The average Bonchev–Trinajstić information content (AvgIpc) is 2.63. The topological polar surface area (TPSA) is 25.2 Å². The van der Waals surface area contributed by atoms with Crippen molar-refractivity contribution >= 4 is 11.8 Å². The summed E-state index contributed by atoms with van der Waals surface area (Å²) in [4.78, 5) is 0. The van der Waals surface area contributed by atoms with Crippen LogP contribution in [0.2, 0.25) is 0 Å². The van der Waals surface area contributed by atoms with E-state index in [9.17, 15) is 0 Å². The van der Waals surface area contributed by atoms with Gasteiger partial charge in [-0.1, -0.05) is 13.8 Å². The summed E-state index contributed by atoms with van der Waals surface area (Å²) in [5.41, 5.74) is 0. The zero-order chi connectivity index (χ0) is 10.4. The van der Waals surface area contributed by atoms with Gasteiger partial charge in [-0.05, 0) is 19.2 Å². The van der Waals surface area contributed by atoms with E-state index >= 15 is 0 Å². The Morgan fingerprint density at radius 1 is 1.43 bits per heavy atom. The van der Waals surface area contributed by atoms with E-state index in [-0.39, 0.29) is 0 Å². The second-order valence-electron chi connectivity index (χ2n) is 3.40. The SMILES string of the molecule is CCc1ccc(CSC(C)CNC)o1. The Hall–Kier alpha value is -0.410. The Balaban J connectivity index is 2.30. The fraction of sp³-hybridized carbons (Fsp3) is 0.636. The second-order valence-corrected chi connectivity index (χ2v) is 4.83. The minimum absolute atomic E-state index is 0.634. The summed E-state index contributed by atoms with van der Waals surface area (Å²) >= 11 is 1.92. The molecule has 1 heterocycles. The molecule has 1 aromatic heterocycles. The van der Waals surface area contributed by atoms with Crippen molar-refractivity contribution in [2.45, 2.75) is 31.3 Å². The highest BCUT2D eigenvalue weighted by Gasteiger charge is 2.04. The zero-order valence-electron chi connectivity index (χ0n) is 9.17. The van der Waals surface area contributed by atoms with E-state index in [2.05, 4.69) is 31.3 Å². The van der Waals surface area contributed by atoms with Crippen molar-refractivity contribution in [2.75, 3.05) is 13.6 Å². The Kier molecular flexibility index (Phi) is 5.12. The van der Waals surface area contributed by atoms with Gasteiger partial charge in [-0.15, -0.1) is 11.8 Å². The molecule has 1 N–H and O–H groups in total. The first-order valence-corrected chi connectivity index (χ1v) is 6.15. The Morgan fingerprint density at radius 3 is 2.71 bits per heavy atom. The van der Waals surface area contributed by atoms with Crippen molar-refractivity contribution < 1.29 is 4.42 Å². The molecule has 80 valence electrons. The Morgan fingerprint density at radius 2 is 2.14 bits per heavy atom. The van der Waals surface area contributed by atoms with Gasteiger partial charge in [-0.3, -0.25) is 0 Å². The van der Waals surface area contributed by atoms with Crippen LogP contribution in [-0.2, 0) is 12.2 Å². The molecule has 14 heavy (non-hydrogen) atoms. The summed E-state index contributed by atoms with van der Waals surface area (Å²) in [7, 11) is 1.99. The lowest BCUT2D eigenvalue weighted by atomic mass is 10.4. The summed E-state index contributed by atoms with van der Waals surface area (Å²) < 4.78 is 5.62. The van der Waals surface area contributed by atoms with Gasteiger partial charge in [-0.2, -0.15) is 0 Å². The van der Waals surface area contributed by atoms with Crippen LogP contribution in [0.4, 0.5) is 0 Å². The molecule has 0 radical (unpaired) electrons. The summed E-state index contributed by atoms with van der Waals surface area (Å²) in [5.74, 6) is 3.15. The van der Waals surface area contributed by atoms with Gasteiger partial charge in [0.2, 0.25) is 0 Å². The number of hydrogen-bond acceptors (Lipinski definition) is 3. The number of nitrogens with one attached hydrogen (secondary N) is 1. The van der Waals surface area contributed by atoms with Gasteiger partial charge in [0.1, 0.15) is 11.5 Å². The monoisotopic (exact) mass is 213 g/mol. The maximum Gasteiger partial charge on any atom is 0.114 e. The lowest BCUT2D eigenvalue weighted by Gasteiger charge is -2.08.